The fourth-order valence-corrected chi connectivity index (χ4v) is 2.19. The van der Waals surface area contributed by atoms with Crippen molar-refractivity contribution in [2.24, 2.45) is 4.99 Å². The standard InChI is InChI=1S/C15H18FN5/c16-12-2-4-14(5-3-12)21-11-7-13(20-21)6-10-19-15-17-8-1-9-18-15/h2-5,7,11H,1,6,8-10H2,(H2,17,18,19). The van der Waals surface area contributed by atoms with Crippen LogP contribution < -0.4 is 10.6 Å². The van der Waals surface area contributed by atoms with Gasteiger partial charge >= 0.3 is 0 Å². The van der Waals surface area contributed by atoms with E-state index in [0.717, 1.165) is 49.8 Å². The quantitative estimate of drug-likeness (QED) is 0.896. The van der Waals surface area contributed by atoms with Gasteiger partial charge in [-0.15, -0.1) is 0 Å². The number of guanidine groups is 1. The van der Waals surface area contributed by atoms with Crippen LogP contribution in [-0.2, 0) is 6.42 Å². The molecule has 2 aromatic rings. The number of hydrogen-bond acceptors (Lipinski definition) is 4. The lowest BCUT2D eigenvalue weighted by atomic mass is 10.3. The summed E-state index contributed by atoms with van der Waals surface area (Å²) in [6.07, 6.45) is 3.79. The van der Waals surface area contributed by atoms with Crippen LogP contribution in [0.3, 0.4) is 0 Å². The molecule has 110 valence electrons. The van der Waals surface area contributed by atoms with E-state index in [2.05, 4.69) is 20.7 Å². The third-order valence-corrected chi connectivity index (χ3v) is 3.31. The number of rotatable bonds is 4. The van der Waals surface area contributed by atoms with Gasteiger partial charge in [-0.3, -0.25) is 4.99 Å². The molecule has 0 saturated carbocycles. The van der Waals surface area contributed by atoms with Crippen LogP contribution >= 0.6 is 0 Å². The molecule has 0 radical (unpaired) electrons. The zero-order valence-corrected chi connectivity index (χ0v) is 11.7. The molecule has 0 fully saturated rings. The molecular weight excluding hydrogens is 269 g/mol. The van der Waals surface area contributed by atoms with Crippen molar-refractivity contribution in [3.63, 3.8) is 0 Å². The number of aliphatic imine (C=N–C) groups is 1. The van der Waals surface area contributed by atoms with Crippen molar-refractivity contribution >= 4 is 5.96 Å². The topological polar surface area (TPSA) is 54.2 Å². The molecule has 3 rings (SSSR count). The first-order chi connectivity index (χ1) is 10.3. The smallest absolute Gasteiger partial charge is 0.191 e. The Morgan fingerprint density at radius 1 is 1.24 bits per heavy atom. The lowest BCUT2D eigenvalue weighted by Gasteiger charge is -2.15. The van der Waals surface area contributed by atoms with E-state index < -0.39 is 0 Å². The van der Waals surface area contributed by atoms with Gasteiger partial charge < -0.3 is 10.6 Å². The Balaban J connectivity index is 1.55. The zero-order chi connectivity index (χ0) is 14.5. The first-order valence-electron chi connectivity index (χ1n) is 7.14. The average Bonchev–Trinajstić information content (AvgIpc) is 2.98. The minimum Gasteiger partial charge on any atom is -0.356 e. The van der Waals surface area contributed by atoms with E-state index in [4.69, 9.17) is 0 Å². The van der Waals surface area contributed by atoms with Gasteiger partial charge in [0.15, 0.2) is 5.96 Å². The van der Waals surface area contributed by atoms with E-state index in [1.54, 1.807) is 16.8 Å². The molecule has 1 aliphatic heterocycles. The van der Waals surface area contributed by atoms with Gasteiger partial charge in [0, 0.05) is 32.3 Å². The predicted molar refractivity (Wildman–Crippen MR) is 80.2 cm³/mol. The van der Waals surface area contributed by atoms with Gasteiger partial charge in [-0.1, -0.05) is 0 Å². The van der Waals surface area contributed by atoms with E-state index in [9.17, 15) is 4.39 Å². The summed E-state index contributed by atoms with van der Waals surface area (Å²) in [6, 6.07) is 8.27. The molecule has 1 aromatic heterocycles. The summed E-state index contributed by atoms with van der Waals surface area (Å²) in [5.74, 6) is 0.635. The van der Waals surface area contributed by atoms with E-state index in [1.165, 1.54) is 12.1 Å². The summed E-state index contributed by atoms with van der Waals surface area (Å²) in [6.45, 7) is 2.64. The summed E-state index contributed by atoms with van der Waals surface area (Å²) in [7, 11) is 0. The van der Waals surface area contributed by atoms with E-state index in [-0.39, 0.29) is 5.82 Å². The molecule has 0 saturated heterocycles. The van der Waals surface area contributed by atoms with Crippen molar-refractivity contribution in [1.82, 2.24) is 20.4 Å². The van der Waals surface area contributed by atoms with Crippen molar-refractivity contribution in [1.29, 1.82) is 0 Å². The maximum atomic E-state index is 12.9. The molecule has 2 N–H and O–H groups in total. The van der Waals surface area contributed by atoms with Crippen molar-refractivity contribution in [3.8, 4) is 5.69 Å². The van der Waals surface area contributed by atoms with Gasteiger partial charge in [0.05, 0.1) is 11.4 Å². The molecule has 0 spiro atoms. The number of benzene rings is 1. The second-order valence-corrected chi connectivity index (χ2v) is 4.92. The summed E-state index contributed by atoms with van der Waals surface area (Å²) in [5, 5.41) is 11.0. The van der Waals surface area contributed by atoms with Gasteiger partial charge in [0.25, 0.3) is 0 Å². The summed E-state index contributed by atoms with van der Waals surface area (Å²) >= 11 is 0. The molecule has 6 heteroatoms. The number of halogens is 1. The van der Waals surface area contributed by atoms with Crippen LogP contribution in [0.1, 0.15) is 12.1 Å². The number of nitrogens with zero attached hydrogens (tertiary/aromatic N) is 3. The average molecular weight is 287 g/mol. The molecule has 21 heavy (non-hydrogen) atoms. The van der Waals surface area contributed by atoms with Crippen molar-refractivity contribution in [3.05, 3.63) is 48.0 Å². The second-order valence-electron chi connectivity index (χ2n) is 4.92. The first kappa shape index (κ1) is 13.6. The SMILES string of the molecule is Fc1ccc(-n2ccc(CCNC3=NCCCN3)n2)cc1. The first-order valence-corrected chi connectivity index (χ1v) is 7.14. The van der Waals surface area contributed by atoms with Gasteiger partial charge in [0.2, 0.25) is 0 Å². The van der Waals surface area contributed by atoms with E-state index in [0.29, 0.717) is 0 Å². The Morgan fingerprint density at radius 3 is 2.86 bits per heavy atom. The van der Waals surface area contributed by atoms with Crippen LogP contribution in [0.4, 0.5) is 4.39 Å². The highest BCUT2D eigenvalue weighted by atomic mass is 19.1. The fourth-order valence-electron chi connectivity index (χ4n) is 2.19. The minimum absolute atomic E-state index is 0.240. The number of nitrogens with one attached hydrogen (secondary N) is 2. The molecule has 5 nitrogen and oxygen atoms in total. The summed E-state index contributed by atoms with van der Waals surface area (Å²) in [5.41, 5.74) is 1.84. The third-order valence-electron chi connectivity index (χ3n) is 3.31. The lowest BCUT2D eigenvalue weighted by Crippen LogP contribution is -2.41. The van der Waals surface area contributed by atoms with Crippen LogP contribution in [0.15, 0.2) is 41.5 Å². The normalized spacial score (nSPS) is 14.4. The zero-order valence-electron chi connectivity index (χ0n) is 11.7. The molecule has 0 bridgehead atoms. The predicted octanol–water partition coefficient (Wildman–Crippen LogP) is 1.49. The summed E-state index contributed by atoms with van der Waals surface area (Å²) in [4.78, 5) is 4.35. The van der Waals surface area contributed by atoms with Gasteiger partial charge in [0.1, 0.15) is 5.82 Å². The maximum absolute atomic E-state index is 12.9. The highest BCUT2D eigenvalue weighted by molar-refractivity contribution is 5.80. The van der Waals surface area contributed by atoms with Crippen LogP contribution in [0, 0.1) is 5.82 Å². The minimum atomic E-state index is -0.240. The molecule has 1 aromatic carbocycles. The largest absolute Gasteiger partial charge is 0.356 e. The van der Waals surface area contributed by atoms with Crippen LogP contribution in [0.25, 0.3) is 5.69 Å². The Bertz CT molecular complexity index is 617. The maximum Gasteiger partial charge on any atom is 0.191 e. The molecule has 0 atom stereocenters. The van der Waals surface area contributed by atoms with Crippen LogP contribution in [0.5, 0.6) is 0 Å². The van der Waals surface area contributed by atoms with Crippen LogP contribution in [-0.4, -0.2) is 35.4 Å². The number of hydrogen-bond donors (Lipinski definition) is 2. The molecular formula is C15H18FN5. The van der Waals surface area contributed by atoms with Crippen molar-refractivity contribution in [2.45, 2.75) is 12.8 Å². The molecule has 0 unspecified atom stereocenters. The Morgan fingerprint density at radius 2 is 2.10 bits per heavy atom. The van der Waals surface area contributed by atoms with Gasteiger partial charge in [-0.05, 0) is 36.8 Å². The van der Waals surface area contributed by atoms with Gasteiger partial charge in [-0.25, -0.2) is 9.07 Å². The highest BCUT2D eigenvalue weighted by Gasteiger charge is 2.04. The highest BCUT2D eigenvalue weighted by Crippen LogP contribution is 2.09. The van der Waals surface area contributed by atoms with Crippen molar-refractivity contribution < 1.29 is 4.39 Å². The van der Waals surface area contributed by atoms with E-state index >= 15 is 0 Å². The van der Waals surface area contributed by atoms with E-state index in [1.807, 2.05) is 12.3 Å². The Labute approximate surface area is 122 Å². The second kappa shape index (κ2) is 6.39. The third kappa shape index (κ3) is 3.59. The lowest BCUT2D eigenvalue weighted by molar-refractivity contribution is 0.627. The van der Waals surface area contributed by atoms with Crippen LogP contribution in [0.2, 0.25) is 0 Å². The molecule has 2 heterocycles. The Kier molecular flexibility index (Phi) is 4.14. The molecule has 0 aliphatic carbocycles. The number of aromatic nitrogens is 2. The molecule has 1 aliphatic rings. The molecule has 0 amide bonds. The monoisotopic (exact) mass is 287 g/mol. The summed E-state index contributed by atoms with van der Waals surface area (Å²) < 4.78 is 14.7. The fraction of sp³-hybridized carbons (Fsp3) is 0.333. The van der Waals surface area contributed by atoms with Crippen molar-refractivity contribution in [2.75, 3.05) is 19.6 Å². The van der Waals surface area contributed by atoms with Gasteiger partial charge in [-0.2, -0.15) is 5.10 Å². The Hall–Kier alpha value is -2.37.